The van der Waals surface area contributed by atoms with Crippen LogP contribution in [0.15, 0.2) is 22.8 Å². The van der Waals surface area contributed by atoms with Gasteiger partial charge in [0.05, 0.1) is 6.10 Å². The number of aliphatic hydroxyl groups excluding tert-OH is 2. The maximum absolute atomic E-state index is 10.7. The maximum atomic E-state index is 10.7. The van der Waals surface area contributed by atoms with Crippen molar-refractivity contribution in [3.63, 3.8) is 0 Å². The second-order valence-corrected chi connectivity index (χ2v) is 6.99. The Hall–Kier alpha value is -0.640. The molecule has 3 aliphatic carbocycles. The van der Waals surface area contributed by atoms with Crippen molar-refractivity contribution in [2.45, 2.75) is 58.3 Å². The van der Waals surface area contributed by atoms with E-state index in [4.69, 9.17) is 0 Å². The van der Waals surface area contributed by atoms with Crippen molar-refractivity contribution < 1.29 is 15.3 Å². The molecule has 1 saturated carbocycles. The van der Waals surface area contributed by atoms with Gasteiger partial charge >= 0.3 is 0 Å². The zero-order valence-corrected chi connectivity index (χ0v) is 11.5. The molecule has 0 heterocycles. The first-order valence-electron chi connectivity index (χ1n) is 6.68. The van der Waals surface area contributed by atoms with E-state index in [1.54, 1.807) is 6.92 Å². The minimum Gasteiger partial charge on any atom is -0.388 e. The molecule has 0 bridgehead atoms. The molecule has 3 nitrogen and oxygen atoms in total. The van der Waals surface area contributed by atoms with Gasteiger partial charge in [0.15, 0.2) is 0 Å². The molecule has 1 spiro atoms. The Morgan fingerprint density at radius 3 is 2.17 bits per heavy atom. The van der Waals surface area contributed by atoms with E-state index >= 15 is 0 Å². The van der Waals surface area contributed by atoms with Gasteiger partial charge in [-0.05, 0) is 37.8 Å². The quantitative estimate of drug-likeness (QED) is 0.611. The number of hydrogen-bond acceptors (Lipinski definition) is 3. The van der Waals surface area contributed by atoms with Gasteiger partial charge in [0.25, 0.3) is 0 Å². The highest BCUT2D eigenvalue weighted by atomic mass is 16.3. The van der Waals surface area contributed by atoms with Crippen molar-refractivity contribution in [2.75, 3.05) is 0 Å². The van der Waals surface area contributed by atoms with E-state index < -0.39 is 17.8 Å². The van der Waals surface area contributed by atoms with E-state index in [2.05, 4.69) is 0 Å². The first kappa shape index (κ1) is 12.4. The van der Waals surface area contributed by atoms with Crippen molar-refractivity contribution in [2.24, 2.45) is 10.8 Å². The Morgan fingerprint density at radius 2 is 1.67 bits per heavy atom. The van der Waals surface area contributed by atoms with Crippen molar-refractivity contribution in [3.8, 4) is 0 Å². The van der Waals surface area contributed by atoms with Gasteiger partial charge in [-0.15, -0.1) is 0 Å². The molecule has 3 atom stereocenters. The normalized spacial score (nSPS) is 44.1. The number of aliphatic hydroxyl groups is 3. The summed E-state index contributed by atoms with van der Waals surface area (Å²) in [4.78, 5) is 0. The first-order valence-corrected chi connectivity index (χ1v) is 6.68. The van der Waals surface area contributed by atoms with Crippen LogP contribution in [0.3, 0.4) is 0 Å². The average molecular weight is 250 g/mol. The molecule has 0 aromatic carbocycles. The van der Waals surface area contributed by atoms with Crippen LogP contribution in [0.4, 0.5) is 0 Å². The van der Waals surface area contributed by atoms with Crippen molar-refractivity contribution in [3.05, 3.63) is 22.8 Å². The summed E-state index contributed by atoms with van der Waals surface area (Å²) in [6, 6.07) is 0. The smallest absolute Gasteiger partial charge is 0.108 e. The summed E-state index contributed by atoms with van der Waals surface area (Å²) in [5, 5.41) is 31.7. The fourth-order valence-corrected chi connectivity index (χ4v) is 3.94. The number of hydrogen-bond donors (Lipinski definition) is 3. The van der Waals surface area contributed by atoms with Crippen molar-refractivity contribution in [1.82, 2.24) is 0 Å². The molecular weight excluding hydrogens is 228 g/mol. The molecule has 100 valence electrons. The van der Waals surface area contributed by atoms with Crippen LogP contribution < -0.4 is 0 Å². The van der Waals surface area contributed by atoms with Crippen LogP contribution in [0.5, 0.6) is 0 Å². The summed E-state index contributed by atoms with van der Waals surface area (Å²) in [6.07, 6.45) is 2.25. The summed E-state index contributed by atoms with van der Waals surface area (Å²) in [5.74, 6) is 0. The van der Waals surface area contributed by atoms with Crippen LogP contribution in [0.25, 0.3) is 0 Å². The van der Waals surface area contributed by atoms with Crippen LogP contribution in [0.2, 0.25) is 0 Å². The van der Waals surface area contributed by atoms with E-state index in [-0.39, 0.29) is 10.8 Å². The van der Waals surface area contributed by atoms with Gasteiger partial charge in [0, 0.05) is 10.8 Å². The van der Waals surface area contributed by atoms with E-state index in [0.717, 1.165) is 29.6 Å². The monoisotopic (exact) mass is 250 g/mol. The van der Waals surface area contributed by atoms with Crippen LogP contribution >= 0.6 is 0 Å². The second kappa shape index (κ2) is 3.09. The van der Waals surface area contributed by atoms with Gasteiger partial charge in [-0.2, -0.15) is 0 Å². The van der Waals surface area contributed by atoms with Crippen LogP contribution in [0, 0.1) is 10.8 Å². The van der Waals surface area contributed by atoms with E-state index in [1.165, 1.54) is 0 Å². The van der Waals surface area contributed by atoms with Crippen molar-refractivity contribution in [1.29, 1.82) is 0 Å². The minimum atomic E-state index is -1.12. The summed E-state index contributed by atoms with van der Waals surface area (Å²) in [7, 11) is 0. The molecule has 0 saturated heterocycles. The van der Waals surface area contributed by atoms with E-state index in [1.807, 2.05) is 26.8 Å². The Bertz CT molecular complexity index is 478. The zero-order chi connectivity index (χ0) is 13.5. The summed E-state index contributed by atoms with van der Waals surface area (Å²) >= 11 is 0. The molecule has 0 aromatic rings. The molecule has 3 heteroatoms. The fraction of sp³-hybridized carbons (Fsp3) is 0.733. The molecule has 0 radical (unpaired) electrons. The molecule has 3 unspecified atom stereocenters. The maximum Gasteiger partial charge on any atom is 0.108 e. The Kier molecular flexibility index (Phi) is 2.13. The lowest BCUT2D eigenvalue weighted by Crippen LogP contribution is -2.52. The third-order valence-electron chi connectivity index (χ3n) is 5.48. The summed E-state index contributed by atoms with van der Waals surface area (Å²) in [6.45, 7) is 7.65. The number of fused-ring (bicyclic) bond motifs is 1. The molecule has 0 amide bonds. The lowest BCUT2D eigenvalue weighted by molar-refractivity contribution is -0.0900. The van der Waals surface area contributed by atoms with Crippen LogP contribution in [-0.2, 0) is 0 Å². The SMILES string of the molecule is CC1=C2C(=CC(C)(C)C2O)C(O)C(C)(O)C12CC2. The highest BCUT2D eigenvalue weighted by molar-refractivity contribution is 5.56. The van der Waals surface area contributed by atoms with Gasteiger partial charge in [-0.1, -0.05) is 25.5 Å². The molecule has 0 aliphatic heterocycles. The second-order valence-electron chi connectivity index (χ2n) is 6.99. The van der Waals surface area contributed by atoms with Crippen LogP contribution in [-0.4, -0.2) is 33.1 Å². The predicted octanol–water partition coefficient (Wildman–Crippen LogP) is 1.54. The zero-order valence-electron chi connectivity index (χ0n) is 11.5. The molecular formula is C15H22O3. The fourth-order valence-electron chi connectivity index (χ4n) is 3.94. The largest absolute Gasteiger partial charge is 0.388 e. The van der Waals surface area contributed by atoms with E-state index in [0.29, 0.717) is 0 Å². The standard InChI is InChI=1S/C15H22O3/c1-8-10-9(7-13(2,3)12(10)17)11(16)14(4,18)15(8)5-6-15/h7,11-12,16-18H,5-6H2,1-4H3. The van der Waals surface area contributed by atoms with E-state index in [9.17, 15) is 15.3 Å². The minimum absolute atomic E-state index is 0.319. The molecule has 0 aromatic heterocycles. The highest BCUT2D eigenvalue weighted by Gasteiger charge is 2.65. The Labute approximate surface area is 108 Å². The lowest BCUT2D eigenvalue weighted by Gasteiger charge is -2.44. The van der Waals surface area contributed by atoms with Gasteiger partial charge in [0.2, 0.25) is 0 Å². The van der Waals surface area contributed by atoms with Gasteiger partial charge in [0.1, 0.15) is 11.7 Å². The average Bonchev–Trinajstić information content (AvgIpc) is 3.02. The molecule has 3 aliphatic rings. The topological polar surface area (TPSA) is 60.7 Å². The van der Waals surface area contributed by atoms with Gasteiger partial charge in [-0.25, -0.2) is 0 Å². The number of rotatable bonds is 0. The molecule has 18 heavy (non-hydrogen) atoms. The molecule has 3 N–H and O–H groups in total. The van der Waals surface area contributed by atoms with Crippen LogP contribution in [0.1, 0.15) is 40.5 Å². The first-order chi connectivity index (χ1) is 8.15. The molecule has 3 rings (SSSR count). The predicted molar refractivity (Wildman–Crippen MR) is 68.9 cm³/mol. The Balaban J connectivity index is 2.24. The third kappa shape index (κ3) is 1.16. The third-order valence-corrected chi connectivity index (χ3v) is 5.48. The van der Waals surface area contributed by atoms with Gasteiger partial charge in [-0.3, -0.25) is 0 Å². The summed E-state index contributed by atoms with van der Waals surface area (Å²) in [5.41, 5.74) is 0.863. The molecule has 1 fully saturated rings. The lowest BCUT2D eigenvalue weighted by atomic mass is 9.66. The summed E-state index contributed by atoms with van der Waals surface area (Å²) < 4.78 is 0. The van der Waals surface area contributed by atoms with Gasteiger partial charge < -0.3 is 15.3 Å². The Morgan fingerprint density at radius 1 is 1.11 bits per heavy atom. The highest BCUT2D eigenvalue weighted by Crippen LogP contribution is 2.66. The van der Waals surface area contributed by atoms with Crippen molar-refractivity contribution >= 4 is 0 Å².